The van der Waals surface area contributed by atoms with Crippen LogP contribution in [0.15, 0.2) is 30.3 Å². The van der Waals surface area contributed by atoms with E-state index in [1.807, 2.05) is 6.07 Å². The molecule has 4 nitrogen and oxygen atoms in total. The summed E-state index contributed by atoms with van der Waals surface area (Å²) in [5.41, 5.74) is 1.33. The summed E-state index contributed by atoms with van der Waals surface area (Å²) in [5.74, 6) is 0.361. The van der Waals surface area contributed by atoms with Crippen molar-refractivity contribution in [2.75, 3.05) is 32.7 Å². The molecule has 1 heterocycles. The zero-order chi connectivity index (χ0) is 15.6. The number of benzene rings is 1. The van der Waals surface area contributed by atoms with Crippen molar-refractivity contribution < 1.29 is 4.79 Å². The third kappa shape index (κ3) is 5.78. The lowest BCUT2D eigenvalue weighted by Crippen LogP contribution is -2.44. The van der Waals surface area contributed by atoms with Crippen LogP contribution in [-0.2, 0) is 11.3 Å². The average molecular weight is 303 g/mol. The number of carbonyl (C=O) groups excluding carboxylic acids is 1. The first-order valence-corrected chi connectivity index (χ1v) is 8.54. The lowest BCUT2D eigenvalue weighted by atomic mass is 9.96. The number of nitrogens with zero attached hydrogens (tertiary/aromatic N) is 1. The van der Waals surface area contributed by atoms with Gasteiger partial charge in [0.1, 0.15) is 0 Å². The molecule has 1 atom stereocenters. The van der Waals surface area contributed by atoms with Crippen LogP contribution in [0.4, 0.5) is 0 Å². The van der Waals surface area contributed by atoms with Gasteiger partial charge in [0.25, 0.3) is 0 Å². The van der Waals surface area contributed by atoms with Gasteiger partial charge in [0, 0.05) is 26.2 Å². The van der Waals surface area contributed by atoms with Gasteiger partial charge in [-0.25, -0.2) is 0 Å². The van der Waals surface area contributed by atoms with Gasteiger partial charge in [-0.2, -0.15) is 0 Å². The van der Waals surface area contributed by atoms with Crippen molar-refractivity contribution in [1.82, 2.24) is 15.5 Å². The fourth-order valence-corrected chi connectivity index (χ4v) is 2.97. The summed E-state index contributed by atoms with van der Waals surface area (Å²) >= 11 is 0. The molecular weight excluding hydrogens is 274 g/mol. The van der Waals surface area contributed by atoms with Gasteiger partial charge in [0.15, 0.2) is 0 Å². The van der Waals surface area contributed by atoms with Crippen LogP contribution < -0.4 is 10.6 Å². The molecule has 1 aromatic carbocycles. The van der Waals surface area contributed by atoms with Crippen LogP contribution >= 0.6 is 0 Å². The van der Waals surface area contributed by atoms with Crippen LogP contribution in [0.1, 0.15) is 31.7 Å². The van der Waals surface area contributed by atoms with E-state index in [0.717, 1.165) is 58.5 Å². The monoisotopic (exact) mass is 303 g/mol. The summed E-state index contributed by atoms with van der Waals surface area (Å²) in [7, 11) is 0. The van der Waals surface area contributed by atoms with E-state index in [4.69, 9.17) is 0 Å². The normalized spacial score (nSPS) is 19.0. The molecule has 0 radical (unpaired) electrons. The number of hydrogen-bond donors (Lipinski definition) is 2. The fourth-order valence-electron chi connectivity index (χ4n) is 2.97. The SMILES string of the molecule is CCCNCCNC(=O)C1CCCN(Cc2ccccc2)C1. The molecule has 1 aliphatic rings. The summed E-state index contributed by atoms with van der Waals surface area (Å²) in [6.45, 7) is 7.68. The first kappa shape index (κ1) is 17.0. The van der Waals surface area contributed by atoms with Gasteiger partial charge < -0.3 is 10.6 Å². The molecule has 0 bridgehead atoms. The van der Waals surface area contributed by atoms with Gasteiger partial charge in [-0.05, 0) is 37.9 Å². The summed E-state index contributed by atoms with van der Waals surface area (Å²) in [6, 6.07) is 10.5. The Bertz CT molecular complexity index is 435. The second kappa shape index (κ2) is 9.59. The Morgan fingerprint density at radius 2 is 2.05 bits per heavy atom. The third-order valence-corrected chi connectivity index (χ3v) is 4.15. The van der Waals surface area contributed by atoms with Gasteiger partial charge in [-0.15, -0.1) is 0 Å². The molecule has 122 valence electrons. The molecule has 1 aliphatic heterocycles. The average Bonchev–Trinajstić information content (AvgIpc) is 2.56. The predicted octanol–water partition coefficient (Wildman–Crippen LogP) is 2.01. The Morgan fingerprint density at radius 1 is 1.23 bits per heavy atom. The number of hydrogen-bond acceptors (Lipinski definition) is 3. The van der Waals surface area contributed by atoms with Crippen molar-refractivity contribution in [2.45, 2.75) is 32.7 Å². The Labute approximate surface area is 134 Å². The molecule has 22 heavy (non-hydrogen) atoms. The summed E-state index contributed by atoms with van der Waals surface area (Å²) < 4.78 is 0. The molecule has 1 saturated heterocycles. The highest BCUT2D eigenvalue weighted by molar-refractivity contribution is 5.78. The molecule has 0 aliphatic carbocycles. The standard InChI is InChI=1S/C18H29N3O/c1-2-10-19-11-12-20-18(22)17-9-6-13-21(15-17)14-16-7-4-3-5-8-16/h3-5,7-8,17,19H,2,6,9-15H2,1H3,(H,20,22). The molecule has 1 amide bonds. The van der Waals surface area contributed by atoms with Crippen LogP contribution in [0.25, 0.3) is 0 Å². The lowest BCUT2D eigenvalue weighted by Gasteiger charge is -2.32. The molecule has 1 unspecified atom stereocenters. The highest BCUT2D eigenvalue weighted by Crippen LogP contribution is 2.18. The fraction of sp³-hybridized carbons (Fsp3) is 0.611. The van der Waals surface area contributed by atoms with Gasteiger partial charge in [0.2, 0.25) is 5.91 Å². The van der Waals surface area contributed by atoms with Crippen LogP contribution in [0.2, 0.25) is 0 Å². The summed E-state index contributed by atoms with van der Waals surface area (Å²) in [5, 5.41) is 6.38. The van der Waals surface area contributed by atoms with E-state index in [1.54, 1.807) is 0 Å². The minimum atomic E-state index is 0.142. The van der Waals surface area contributed by atoms with Crippen LogP contribution in [0.5, 0.6) is 0 Å². The second-order valence-electron chi connectivity index (χ2n) is 6.10. The van der Waals surface area contributed by atoms with Crippen LogP contribution in [0, 0.1) is 5.92 Å². The smallest absolute Gasteiger partial charge is 0.224 e. The van der Waals surface area contributed by atoms with Gasteiger partial charge in [-0.1, -0.05) is 37.3 Å². The van der Waals surface area contributed by atoms with Crippen molar-refractivity contribution >= 4 is 5.91 Å². The van der Waals surface area contributed by atoms with E-state index in [-0.39, 0.29) is 11.8 Å². The quantitative estimate of drug-likeness (QED) is 0.722. The number of amides is 1. The summed E-state index contributed by atoms with van der Waals surface area (Å²) in [4.78, 5) is 14.7. The number of likely N-dealkylation sites (tertiary alicyclic amines) is 1. The highest BCUT2D eigenvalue weighted by atomic mass is 16.1. The predicted molar refractivity (Wildman–Crippen MR) is 90.6 cm³/mol. The van der Waals surface area contributed by atoms with E-state index < -0.39 is 0 Å². The third-order valence-electron chi connectivity index (χ3n) is 4.15. The Kier molecular flexibility index (Phi) is 7.40. The largest absolute Gasteiger partial charge is 0.355 e. The van der Waals surface area contributed by atoms with E-state index >= 15 is 0 Å². The van der Waals surface area contributed by atoms with E-state index in [0.29, 0.717) is 0 Å². The molecule has 0 spiro atoms. The maximum atomic E-state index is 12.3. The molecule has 2 rings (SSSR count). The molecule has 0 saturated carbocycles. The molecule has 1 aromatic rings. The summed E-state index contributed by atoms with van der Waals surface area (Å²) in [6.07, 6.45) is 3.25. The molecule has 2 N–H and O–H groups in total. The number of piperidine rings is 1. The van der Waals surface area contributed by atoms with E-state index in [1.165, 1.54) is 5.56 Å². The first-order chi connectivity index (χ1) is 10.8. The van der Waals surface area contributed by atoms with Crippen LogP contribution in [-0.4, -0.2) is 43.5 Å². The van der Waals surface area contributed by atoms with Gasteiger partial charge in [-0.3, -0.25) is 9.69 Å². The van der Waals surface area contributed by atoms with Crippen molar-refractivity contribution in [3.63, 3.8) is 0 Å². The number of nitrogens with one attached hydrogen (secondary N) is 2. The minimum Gasteiger partial charge on any atom is -0.355 e. The van der Waals surface area contributed by atoms with Gasteiger partial charge in [0.05, 0.1) is 5.92 Å². The first-order valence-electron chi connectivity index (χ1n) is 8.54. The second-order valence-corrected chi connectivity index (χ2v) is 6.10. The Balaban J connectivity index is 1.71. The van der Waals surface area contributed by atoms with Crippen molar-refractivity contribution in [2.24, 2.45) is 5.92 Å². The zero-order valence-electron chi connectivity index (χ0n) is 13.7. The lowest BCUT2D eigenvalue weighted by molar-refractivity contribution is -0.126. The van der Waals surface area contributed by atoms with Crippen LogP contribution in [0.3, 0.4) is 0 Å². The number of carbonyl (C=O) groups is 1. The maximum Gasteiger partial charge on any atom is 0.224 e. The van der Waals surface area contributed by atoms with Gasteiger partial charge >= 0.3 is 0 Å². The molecular formula is C18H29N3O. The maximum absolute atomic E-state index is 12.3. The Morgan fingerprint density at radius 3 is 2.82 bits per heavy atom. The highest BCUT2D eigenvalue weighted by Gasteiger charge is 2.25. The molecule has 1 fully saturated rings. The minimum absolute atomic E-state index is 0.142. The zero-order valence-corrected chi connectivity index (χ0v) is 13.7. The van der Waals surface area contributed by atoms with Crippen molar-refractivity contribution in [3.8, 4) is 0 Å². The topological polar surface area (TPSA) is 44.4 Å². The Hall–Kier alpha value is -1.39. The molecule has 0 aromatic heterocycles. The number of rotatable bonds is 8. The van der Waals surface area contributed by atoms with Crippen molar-refractivity contribution in [1.29, 1.82) is 0 Å². The van der Waals surface area contributed by atoms with E-state index in [9.17, 15) is 4.79 Å². The molecule has 4 heteroatoms. The van der Waals surface area contributed by atoms with Crippen molar-refractivity contribution in [3.05, 3.63) is 35.9 Å². The van der Waals surface area contributed by atoms with E-state index in [2.05, 4.69) is 46.7 Å².